The van der Waals surface area contributed by atoms with E-state index in [4.69, 9.17) is 0 Å². The lowest BCUT2D eigenvalue weighted by atomic mass is 9.71. The largest absolute Gasteiger partial charge is 0.389 e. The first-order chi connectivity index (χ1) is 6.84. The summed E-state index contributed by atoms with van der Waals surface area (Å²) in [6, 6.07) is 0. The molecule has 0 aromatic heterocycles. The van der Waals surface area contributed by atoms with Crippen molar-refractivity contribution in [3.63, 3.8) is 0 Å². The molecule has 0 spiro atoms. The molecule has 0 amide bonds. The van der Waals surface area contributed by atoms with Gasteiger partial charge in [0.1, 0.15) is 0 Å². The summed E-state index contributed by atoms with van der Waals surface area (Å²) in [6.07, 6.45) is 6.17. The molecule has 0 fully saturated rings. The van der Waals surface area contributed by atoms with Gasteiger partial charge in [0.15, 0.2) is 0 Å². The van der Waals surface area contributed by atoms with Gasteiger partial charge in [-0.25, -0.2) is 0 Å². The van der Waals surface area contributed by atoms with Crippen molar-refractivity contribution in [1.82, 2.24) is 0 Å². The van der Waals surface area contributed by atoms with E-state index in [0.29, 0.717) is 5.92 Å². The lowest BCUT2D eigenvalue weighted by Crippen LogP contribution is -2.27. The van der Waals surface area contributed by atoms with Crippen LogP contribution in [-0.2, 0) is 0 Å². The van der Waals surface area contributed by atoms with Crippen molar-refractivity contribution in [3.05, 3.63) is 23.3 Å². The SMILES string of the molecule is CC1=C(/C=C/C(C)C)C(C)(C)CCC1O. The van der Waals surface area contributed by atoms with Crippen molar-refractivity contribution in [2.24, 2.45) is 11.3 Å². The topological polar surface area (TPSA) is 20.2 Å². The van der Waals surface area contributed by atoms with Gasteiger partial charge >= 0.3 is 0 Å². The van der Waals surface area contributed by atoms with Crippen molar-refractivity contribution in [2.75, 3.05) is 0 Å². The van der Waals surface area contributed by atoms with Crippen LogP contribution in [0.2, 0.25) is 0 Å². The smallest absolute Gasteiger partial charge is 0.0753 e. The van der Waals surface area contributed by atoms with Crippen molar-refractivity contribution in [3.8, 4) is 0 Å². The van der Waals surface area contributed by atoms with E-state index in [0.717, 1.165) is 18.4 Å². The zero-order valence-corrected chi connectivity index (χ0v) is 10.7. The lowest BCUT2D eigenvalue weighted by molar-refractivity contribution is 0.163. The van der Waals surface area contributed by atoms with Crippen LogP contribution < -0.4 is 0 Å². The van der Waals surface area contributed by atoms with Gasteiger partial charge in [-0.2, -0.15) is 0 Å². The normalized spacial score (nSPS) is 26.7. The number of aliphatic hydroxyl groups is 1. The third-order valence-electron chi connectivity index (χ3n) is 3.34. The molecule has 1 heteroatoms. The molecule has 1 nitrogen and oxygen atoms in total. The fourth-order valence-corrected chi connectivity index (χ4v) is 2.21. The van der Waals surface area contributed by atoms with Crippen LogP contribution in [0, 0.1) is 11.3 Å². The molecule has 1 unspecified atom stereocenters. The third kappa shape index (κ3) is 2.94. The summed E-state index contributed by atoms with van der Waals surface area (Å²) in [7, 11) is 0. The molecular weight excluding hydrogens is 184 g/mol. The van der Waals surface area contributed by atoms with E-state index < -0.39 is 0 Å². The molecule has 1 atom stereocenters. The Balaban J connectivity index is 3.02. The molecule has 1 aliphatic carbocycles. The van der Waals surface area contributed by atoms with Crippen molar-refractivity contribution < 1.29 is 5.11 Å². The highest BCUT2D eigenvalue weighted by atomic mass is 16.3. The number of aliphatic hydroxyl groups excluding tert-OH is 1. The first-order valence-corrected chi connectivity index (χ1v) is 5.92. The van der Waals surface area contributed by atoms with E-state index in [1.54, 1.807) is 0 Å². The van der Waals surface area contributed by atoms with E-state index in [1.807, 2.05) is 0 Å². The van der Waals surface area contributed by atoms with Crippen molar-refractivity contribution in [2.45, 2.75) is 53.6 Å². The van der Waals surface area contributed by atoms with Crippen LogP contribution in [0.3, 0.4) is 0 Å². The van der Waals surface area contributed by atoms with Crippen LogP contribution in [0.25, 0.3) is 0 Å². The molecule has 0 aliphatic heterocycles. The summed E-state index contributed by atoms with van der Waals surface area (Å²) >= 11 is 0. The second-order valence-corrected chi connectivity index (χ2v) is 5.64. The average Bonchev–Trinajstić information content (AvgIpc) is 2.11. The first kappa shape index (κ1) is 12.5. The van der Waals surface area contributed by atoms with Crippen LogP contribution in [0.1, 0.15) is 47.5 Å². The molecular formula is C14H24O. The standard InChI is InChI=1S/C14H24O/c1-10(2)6-7-12-11(3)13(15)8-9-14(12,4)5/h6-7,10,13,15H,8-9H2,1-5H3/b7-6+. The van der Waals surface area contributed by atoms with Crippen molar-refractivity contribution in [1.29, 1.82) is 0 Å². The minimum absolute atomic E-state index is 0.217. The number of hydrogen-bond acceptors (Lipinski definition) is 1. The predicted molar refractivity (Wildman–Crippen MR) is 65.7 cm³/mol. The Morgan fingerprint density at radius 2 is 2.00 bits per heavy atom. The first-order valence-electron chi connectivity index (χ1n) is 5.92. The lowest BCUT2D eigenvalue weighted by Gasteiger charge is -2.35. The summed E-state index contributed by atoms with van der Waals surface area (Å²) in [5.41, 5.74) is 2.70. The molecule has 0 aromatic carbocycles. The second-order valence-electron chi connectivity index (χ2n) is 5.64. The number of allylic oxidation sites excluding steroid dienone is 3. The van der Waals surface area contributed by atoms with Gasteiger partial charge in [0, 0.05) is 0 Å². The van der Waals surface area contributed by atoms with Crippen LogP contribution >= 0.6 is 0 Å². The van der Waals surface area contributed by atoms with Gasteiger partial charge in [-0.15, -0.1) is 0 Å². The summed E-state index contributed by atoms with van der Waals surface area (Å²) in [5, 5.41) is 9.85. The summed E-state index contributed by atoms with van der Waals surface area (Å²) in [5.74, 6) is 0.570. The van der Waals surface area contributed by atoms with Crippen LogP contribution in [-0.4, -0.2) is 11.2 Å². The van der Waals surface area contributed by atoms with E-state index >= 15 is 0 Å². The minimum Gasteiger partial charge on any atom is -0.389 e. The highest BCUT2D eigenvalue weighted by Crippen LogP contribution is 2.40. The minimum atomic E-state index is -0.232. The molecule has 1 rings (SSSR count). The highest BCUT2D eigenvalue weighted by molar-refractivity contribution is 5.34. The molecule has 0 aromatic rings. The molecule has 1 N–H and O–H groups in total. The van der Waals surface area contributed by atoms with E-state index in [1.165, 1.54) is 5.57 Å². The Hall–Kier alpha value is -0.560. The Morgan fingerprint density at radius 3 is 2.53 bits per heavy atom. The molecule has 15 heavy (non-hydrogen) atoms. The monoisotopic (exact) mass is 208 g/mol. The Morgan fingerprint density at radius 1 is 1.40 bits per heavy atom. The summed E-state index contributed by atoms with van der Waals surface area (Å²) < 4.78 is 0. The zero-order valence-electron chi connectivity index (χ0n) is 10.7. The second kappa shape index (κ2) is 4.52. The van der Waals surface area contributed by atoms with Gasteiger partial charge in [0.05, 0.1) is 6.10 Å². The Labute approximate surface area is 93.9 Å². The maximum absolute atomic E-state index is 9.85. The molecule has 86 valence electrons. The van der Waals surface area contributed by atoms with Crippen molar-refractivity contribution >= 4 is 0 Å². The van der Waals surface area contributed by atoms with Gasteiger partial charge < -0.3 is 5.11 Å². The van der Waals surface area contributed by atoms with Gasteiger partial charge in [0.2, 0.25) is 0 Å². The Bertz CT molecular complexity index is 282. The van der Waals surface area contributed by atoms with Gasteiger partial charge in [-0.05, 0) is 42.2 Å². The predicted octanol–water partition coefficient (Wildman–Crippen LogP) is 3.70. The average molecular weight is 208 g/mol. The Kier molecular flexibility index (Phi) is 3.77. The molecule has 0 bridgehead atoms. The summed E-state index contributed by atoms with van der Waals surface area (Å²) in [4.78, 5) is 0. The number of hydrogen-bond donors (Lipinski definition) is 1. The molecule has 0 radical (unpaired) electrons. The van der Waals surface area contributed by atoms with E-state index in [-0.39, 0.29) is 11.5 Å². The van der Waals surface area contributed by atoms with Crippen LogP contribution in [0.5, 0.6) is 0 Å². The molecule has 0 saturated carbocycles. The number of rotatable bonds is 2. The summed E-state index contributed by atoms with van der Waals surface area (Å²) in [6.45, 7) is 11.0. The molecule has 1 aliphatic rings. The highest BCUT2D eigenvalue weighted by Gasteiger charge is 2.30. The maximum atomic E-state index is 9.85. The van der Waals surface area contributed by atoms with Gasteiger partial charge in [0.25, 0.3) is 0 Å². The maximum Gasteiger partial charge on any atom is 0.0753 e. The van der Waals surface area contributed by atoms with Crippen LogP contribution in [0.15, 0.2) is 23.3 Å². The van der Waals surface area contributed by atoms with E-state index in [2.05, 4.69) is 46.8 Å². The fraction of sp³-hybridized carbons (Fsp3) is 0.714. The van der Waals surface area contributed by atoms with Gasteiger partial charge in [-0.1, -0.05) is 39.8 Å². The van der Waals surface area contributed by atoms with Crippen LogP contribution in [0.4, 0.5) is 0 Å². The third-order valence-corrected chi connectivity index (χ3v) is 3.34. The zero-order chi connectivity index (χ0) is 11.6. The molecule has 0 saturated heterocycles. The molecule has 0 heterocycles. The quantitative estimate of drug-likeness (QED) is 0.733. The van der Waals surface area contributed by atoms with E-state index in [9.17, 15) is 5.11 Å². The van der Waals surface area contributed by atoms with Gasteiger partial charge in [-0.3, -0.25) is 0 Å². The fourth-order valence-electron chi connectivity index (χ4n) is 2.21.